The van der Waals surface area contributed by atoms with Crippen LogP contribution >= 0.6 is 0 Å². The molecule has 1 heterocycles. The first kappa shape index (κ1) is 18.9. The van der Waals surface area contributed by atoms with Crippen molar-refractivity contribution in [2.45, 2.75) is 19.5 Å². The number of rotatable bonds is 7. The first-order chi connectivity index (χ1) is 14.0. The number of benzene rings is 2. The summed E-state index contributed by atoms with van der Waals surface area (Å²) in [7, 11) is 0. The number of pyridine rings is 1. The van der Waals surface area contributed by atoms with Crippen molar-refractivity contribution in [3.63, 3.8) is 0 Å². The lowest BCUT2D eigenvalue weighted by atomic mass is 10.1. The minimum Gasteiger partial charge on any atom is -0.506 e. The summed E-state index contributed by atoms with van der Waals surface area (Å²) in [4.78, 5) is 16.9. The number of hydrogen-bond donors (Lipinski definition) is 2. The van der Waals surface area contributed by atoms with E-state index >= 15 is 0 Å². The topological polar surface area (TPSA) is 80.7 Å². The number of phenols is 1. The highest BCUT2D eigenvalue weighted by Crippen LogP contribution is 2.34. The monoisotopic (exact) mass is 400 g/mol. The number of alkyl halides is 2. The van der Waals surface area contributed by atoms with E-state index in [4.69, 9.17) is 4.74 Å². The Morgan fingerprint density at radius 1 is 1.17 bits per heavy atom. The van der Waals surface area contributed by atoms with E-state index in [0.717, 1.165) is 18.2 Å². The molecule has 1 fully saturated rings. The molecule has 6 nitrogen and oxygen atoms in total. The Morgan fingerprint density at radius 3 is 2.76 bits per heavy atom. The molecule has 2 aromatic carbocycles. The first-order valence-electron chi connectivity index (χ1n) is 9.11. The van der Waals surface area contributed by atoms with Crippen LogP contribution in [0.25, 0.3) is 10.9 Å². The van der Waals surface area contributed by atoms with Gasteiger partial charge in [-0.2, -0.15) is 8.78 Å². The lowest BCUT2D eigenvalue weighted by Gasteiger charge is -2.13. The molecule has 0 radical (unpaired) electrons. The van der Waals surface area contributed by atoms with Gasteiger partial charge in [0.15, 0.2) is 11.5 Å². The number of fused-ring (bicyclic) bond motifs is 1. The second kappa shape index (κ2) is 7.90. The van der Waals surface area contributed by atoms with Gasteiger partial charge in [0.1, 0.15) is 17.1 Å². The van der Waals surface area contributed by atoms with E-state index in [1.54, 1.807) is 24.3 Å². The summed E-state index contributed by atoms with van der Waals surface area (Å²) in [5.74, 6) is 0.133. The Hall–Kier alpha value is -3.42. The third-order valence-corrected chi connectivity index (χ3v) is 4.53. The molecule has 150 valence electrons. The number of carbonyl (C=O) groups excluding carboxylic acids is 1. The van der Waals surface area contributed by atoms with Gasteiger partial charge in [0, 0.05) is 10.9 Å². The predicted octanol–water partition coefficient (Wildman–Crippen LogP) is 4.58. The van der Waals surface area contributed by atoms with E-state index in [9.17, 15) is 18.7 Å². The smallest absolute Gasteiger partial charge is 0.387 e. The lowest BCUT2D eigenvalue weighted by molar-refractivity contribution is -0.0515. The summed E-state index contributed by atoms with van der Waals surface area (Å²) < 4.78 is 35.3. The SMILES string of the molecule is O=C(Nc1ccc2cccc(O)c2n1)c1ccc(OC(F)F)c(OCC2CC2)c1. The van der Waals surface area contributed by atoms with E-state index in [2.05, 4.69) is 15.0 Å². The normalized spacial score (nSPS) is 13.5. The number of carbonyl (C=O) groups is 1. The summed E-state index contributed by atoms with van der Waals surface area (Å²) in [5.41, 5.74) is 0.566. The number of amides is 1. The molecule has 1 aromatic heterocycles. The van der Waals surface area contributed by atoms with Crippen LogP contribution in [0.4, 0.5) is 14.6 Å². The maximum atomic E-state index is 12.6. The van der Waals surface area contributed by atoms with E-state index in [0.29, 0.717) is 18.0 Å². The molecule has 0 spiro atoms. The van der Waals surface area contributed by atoms with Crippen LogP contribution in [0.1, 0.15) is 23.2 Å². The molecule has 0 atom stereocenters. The van der Waals surface area contributed by atoms with Crippen LogP contribution in [0.5, 0.6) is 17.2 Å². The molecule has 3 aromatic rings. The number of aromatic nitrogens is 1. The molecule has 0 unspecified atom stereocenters. The fourth-order valence-electron chi connectivity index (χ4n) is 2.84. The van der Waals surface area contributed by atoms with Gasteiger partial charge in [-0.15, -0.1) is 0 Å². The van der Waals surface area contributed by atoms with Crippen LogP contribution in [0, 0.1) is 5.92 Å². The highest BCUT2D eigenvalue weighted by Gasteiger charge is 2.23. The van der Waals surface area contributed by atoms with Crippen molar-refractivity contribution in [2.24, 2.45) is 5.92 Å². The summed E-state index contributed by atoms with van der Waals surface area (Å²) in [6, 6.07) is 12.3. The molecule has 1 aliphatic carbocycles. The van der Waals surface area contributed by atoms with Crippen LogP contribution in [0.2, 0.25) is 0 Å². The number of aromatic hydroxyl groups is 1. The Balaban J connectivity index is 1.55. The van der Waals surface area contributed by atoms with E-state index < -0.39 is 12.5 Å². The van der Waals surface area contributed by atoms with Crippen LogP contribution in [-0.4, -0.2) is 29.2 Å². The Labute approximate surface area is 165 Å². The number of hydrogen-bond acceptors (Lipinski definition) is 5. The zero-order chi connectivity index (χ0) is 20.4. The number of ether oxygens (including phenoxy) is 2. The summed E-state index contributed by atoms with van der Waals surface area (Å²) in [6.07, 6.45) is 2.07. The fraction of sp³-hybridized carbons (Fsp3) is 0.238. The standard InChI is InChI=1S/C21H18F2N2O4/c22-21(23)29-16-8-6-14(10-17(16)28-11-12-4-5-12)20(27)25-18-9-7-13-2-1-3-15(26)19(13)24-18/h1-3,6-10,12,21,26H,4-5,11H2,(H,24,25,27). The highest BCUT2D eigenvalue weighted by atomic mass is 19.3. The van der Waals surface area contributed by atoms with Crippen molar-refractivity contribution in [3.05, 3.63) is 54.1 Å². The highest BCUT2D eigenvalue weighted by molar-refractivity contribution is 6.04. The minimum absolute atomic E-state index is 0.00265. The van der Waals surface area contributed by atoms with Crippen molar-refractivity contribution in [2.75, 3.05) is 11.9 Å². The largest absolute Gasteiger partial charge is 0.506 e. The van der Waals surface area contributed by atoms with Gasteiger partial charge in [-0.1, -0.05) is 12.1 Å². The van der Waals surface area contributed by atoms with Crippen LogP contribution < -0.4 is 14.8 Å². The second-order valence-electron chi connectivity index (χ2n) is 6.79. The van der Waals surface area contributed by atoms with Gasteiger partial charge in [0.25, 0.3) is 5.91 Å². The Bertz CT molecular complexity index is 1050. The van der Waals surface area contributed by atoms with Gasteiger partial charge >= 0.3 is 6.61 Å². The van der Waals surface area contributed by atoms with Crippen molar-refractivity contribution in [1.82, 2.24) is 4.98 Å². The fourth-order valence-corrected chi connectivity index (χ4v) is 2.84. The summed E-state index contributed by atoms with van der Waals surface area (Å²) >= 11 is 0. The minimum atomic E-state index is -2.99. The van der Waals surface area contributed by atoms with Crippen LogP contribution in [-0.2, 0) is 0 Å². The van der Waals surface area contributed by atoms with Crippen molar-refractivity contribution in [1.29, 1.82) is 0 Å². The van der Waals surface area contributed by atoms with Crippen molar-refractivity contribution >= 4 is 22.6 Å². The molecule has 0 saturated heterocycles. The number of phenolic OH excluding ortho intramolecular Hbond substituents is 1. The Kier molecular flexibility index (Phi) is 5.16. The average molecular weight is 400 g/mol. The first-order valence-corrected chi connectivity index (χ1v) is 9.11. The molecule has 1 aliphatic rings. The molecular weight excluding hydrogens is 382 g/mol. The number of halogens is 2. The second-order valence-corrected chi connectivity index (χ2v) is 6.79. The average Bonchev–Trinajstić information content (AvgIpc) is 3.52. The van der Waals surface area contributed by atoms with Gasteiger partial charge in [0.2, 0.25) is 0 Å². The molecule has 8 heteroatoms. The molecule has 1 amide bonds. The third kappa shape index (κ3) is 4.53. The molecule has 29 heavy (non-hydrogen) atoms. The maximum Gasteiger partial charge on any atom is 0.387 e. The lowest BCUT2D eigenvalue weighted by Crippen LogP contribution is -2.14. The van der Waals surface area contributed by atoms with Gasteiger partial charge < -0.3 is 19.9 Å². The van der Waals surface area contributed by atoms with Gasteiger partial charge in [0.05, 0.1) is 6.61 Å². The van der Waals surface area contributed by atoms with Crippen molar-refractivity contribution in [3.8, 4) is 17.2 Å². The maximum absolute atomic E-state index is 12.6. The number of para-hydroxylation sites is 1. The zero-order valence-corrected chi connectivity index (χ0v) is 15.3. The van der Waals surface area contributed by atoms with Crippen LogP contribution in [0.15, 0.2) is 48.5 Å². The van der Waals surface area contributed by atoms with Gasteiger partial charge in [-0.25, -0.2) is 4.98 Å². The van der Waals surface area contributed by atoms with Crippen LogP contribution in [0.3, 0.4) is 0 Å². The number of nitrogens with zero attached hydrogens (tertiary/aromatic N) is 1. The quantitative estimate of drug-likeness (QED) is 0.607. The number of nitrogens with one attached hydrogen (secondary N) is 1. The third-order valence-electron chi connectivity index (χ3n) is 4.53. The molecule has 2 N–H and O–H groups in total. The molecule has 4 rings (SSSR count). The van der Waals surface area contributed by atoms with E-state index in [1.165, 1.54) is 24.3 Å². The molecule has 0 bridgehead atoms. The van der Waals surface area contributed by atoms with Gasteiger partial charge in [-0.3, -0.25) is 4.79 Å². The van der Waals surface area contributed by atoms with E-state index in [-0.39, 0.29) is 28.6 Å². The molecular formula is C21H18F2N2O4. The number of anilines is 1. The predicted molar refractivity (Wildman–Crippen MR) is 103 cm³/mol. The molecule has 1 saturated carbocycles. The van der Waals surface area contributed by atoms with Crippen molar-refractivity contribution < 1.29 is 28.2 Å². The van der Waals surface area contributed by atoms with E-state index in [1.807, 2.05) is 0 Å². The Morgan fingerprint density at radius 2 is 2.00 bits per heavy atom. The molecule has 0 aliphatic heterocycles. The zero-order valence-electron chi connectivity index (χ0n) is 15.3. The summed E-state index contributed by atoms with van der Waals surface area (Å²) in [6.45, 7) is -2.61. The summed E-state index contributed by atoms with van der Waals surface area (Å²) in [5, 5.41) is 13.3. The van der Waals surface area contributed by atoms with Gasteiger partial charge in [-0.05, 0) is 55.2 Å².